The molecule has 1 aliphatic carbocycles. The van der Waals surface area contributed by atoms with Crippen LogP contribution in [0.1, 0.15) is 39.0 Å². The minimum atomic E-state index is -0.111. The van der Waals surface area contributed by atoms with Gasteiger partial charge in [-0.2, -0.15) is 0 Å². The molecule has 0 aromatic rings. The summed E-state index contributed by atoms with van der Waals surface area (Å²) in [5.74, 6) is 0.434. The first-order valence-electron chi connectivity index (χ1n) is 7.00. The second-order valence-corrected chi connectivity index (χ2v) is 5.81. The van der Waals surface area contributed by atoms with Gasteiger partial charge in [-0.1, -0.05) is 6.92 Å². The maximum absolute atomic E-state index is 12.2. The maximum atomic E-state index is 12.2. The van der Waals surface area contributed by atoms with E-state index in [2.05, 4.69) is 11.8 Å². The highest BCUT2D eigenvalue weighted by atomic mass is 16.3. The fourth-order valence-electron chi connectivity index (χ4n) is 2.91. The van der Waals surface area contributed by atoms with E-state index in [9.17, 15) is 9.90 Å². The topological polar surface area (TPSA) is 43.8 Å². The minimum Gasteiger partial charge on any atom is -0.394 e. The van der Waals surface area contributed by atoms with Crippen molar-refractivity contribution >= 4 is 5.91 Å². The largest absolute Gasteiger partial charge is 0.394 e. The lowest BCUT2D eigenvalue weighted by Gasteiger charge is -2.44. The Labute approximate surface area is 111 Å². The van der Waals surface area contributed by atoms with Crippen LogP contribution in [0.15, 0.2) is 0 Å². The van der Waals surface area contributed by atoms with E-state index in [1.807, 2.05) is 26.0 Å². The van der Waals surface area contributed by atoms with Gasteiger partial charge in [0.15, 0.2) is 0 Å². The van der Waals surface area contributed by atoms with Crippen molar-refractivity contribution in [3.05, 3.63) is 0 Å². The monoisotopic (exact) mass is 256 g/mol. The van der Waals surface area contributed by atoms with Gasteiger partial charge < -0.3 is 14.9 Å². The zero-order valence-electron chi connectivity index (χ0n) is 12.3. The molecule has 0 radical (unpaired) electrons. The molecule has 0 unspecified atom stereocenters. The van der Waals surface area contributed by atoms with Crippen molar-refractivity contribution < 1.29 is 9.90 Å². The molecule has 18 heavy (non-hydrogen) atoms. The number of likely N-dealkylation sites (N-methyl/N-ethyl adjacent to an activating group) is 1. The third-order valence-corrected chi connectivity index (χ3v) is 4.44. The summed E-state index contributed by atoms with van der Waals surface area (Å²) in [5.41, 5.74) is -0.111. The van der Waals surface area contributed by atoms with Gasteiger partial charge in [0.1, 0.15) is 0 Å². The fraction of sp³-hybridized carbons (Fsp3) is 0.929. The van der Waals surface area contributed by atoms with Gasteiger partial charge in [-0.15, -0.1) is 0 Å². The fourth-order valence-corrected chi connectivity index (χ4v) is 2.91. The van der Waals surface area contributed by atoms with E-state index in [0.717, 1.165) is 38.6 Å². The number of aliphatic hydroxyl groups is 1. The summed E-state index contributed by atoms with van der Waals surface area (Å²) < 4.78 is 0. The molecule has 4 heteroatoms. The Morgan fingerprint density at radius 1 is 1.28 bits per heavy atom. The predicted octanol–water partition coefficient (Wildman–Crippen LogP) is 1.34. The summed E-state index contributed by atoms with van der Waals surface area (Å²) in [6.07, 6.45) is 4.62. The van der Waals surface area contributed by atoms with Crippen LogP contribution in [0.2, 0.25) is 0 Å². The van der Waals surface area contributed by atoms with Crippen molar-refractivity contribution in [3.63, 3.8) is 0 Å². The molecule has 0 spiro atoms. The highest BCUT2D eigenvalue weighted by molar-refractivity contribution is 5.78. The minimum absolute atomic E-state index is 0.111. The van der Waals surface area contributed by atoms with E-state index >= 15 is 0 Å². The van der Waals surface area contributed by atoms with E-state index in [4.69, 9.17) is 0 Å². The van der Waals surface area contributed by atoms with Crippen molar-refractivity contribution in [2.24, 2.45) is 5.92 Å². The summed E-state index contributed by atoms with van der Waals surface area (Å²) in [4.78, 5) is 16.2. The van der Waals surface area contributed by atoms with Gasteiger partial charge in [-0.05, 0) is 46.2 Å². The van der Waals surface area contributed by atoms with Gasteiger partial charge in [0, 0.05) is 25.0 Å². The Kier molecular flexibility index (Phi) is 5.60. The quantitative estimate of drug-likeness (QED) is 0.807. The highest BCUT2D eigenvalue weighted by Gasteiger charge is 2.39. The summed E-state index contributed by atoms with van der Waals surface area (Å²) in [6.45, 7) is 3.12. The Morgan fingerprint density at radius 3 is 2.22 bits per heavy atom. The molecule has 0 bridgehead atoms. The summed E-state index contributed by atoms with van der Waals surface area (Å²) in [6, 6.07) is 0. The van der Waals surface area contributed by atoms with E-state index in [0.29, 0.717) is 0 Å². The summed E-state index contributed by atoms with van der Waals surface area (Å²) in [7, 11) is 5.93. The van der Waals surface area contributed by atoms with Crippen LogP contribution in [0, 0.1) is 5.92 Å². The van der Waals surface area contributed by atoms with Gasteiger partial charge in [0.05, 0.1) is 6.61 Å². The van der Waals surface area contributed by atoms with Crippen LogP contribution in [0.4, 0.5) is 0 Å². The van der Waals surface area contributed by atoms with Crippen LogP contribution >= 0.6 is 0 Å². The number of hydrogen-bond donors (Lipinski definition) is 1. The van der Waals surface area contributed by atoms with Crippen molar-refractivity contribution in [2.75, 3.05) is 34.3 Å². The summed E-state index contributed by atoms with van der Waals surface area (Å²) in [5, 5.41) is 9.59. The Morgan fingerprint density at radius 2 is 1.83 bits per heavy atom. The third kappa shape index (κ3) is 3.23. The first-order chi connectivity index (χ1) is 8.46. The molecule has 1 saturated carbocycles. The van der Waals surface area contributed by atoms with Crippen molar-refractivity contribution in [1.29, 1.82) is 0 Å². The van der Waals surface area contributed by atoms with Gasteiger partial charge in [-0.25, -0.2) is 0 Å². The SMILES string of the molecule is CCCN(C)C(=O)C1CCC(CO)(N(C)C)CC1. The van der Waals surface area contributed by atoms with Gasteiger partial charge >= 0.3 is 0 Å². The molecule has 1 fully saturated rings. The Hall–Kier alpha value is -0.610. The molecule has 0 aliphatic heterocycles. The molecule has 106 valence electrons. The number of carbonyl (C=O) groups excluding carboxylic acids is 1. The standard InChI is InChI=1S/C14H28N2O2/c1-5-10-16(4)13(18)12-6-8-14(11-17,9-7-12)15(2)3/h12,17H,5-11H2,1-4H3. The van der Waals surface area contributed by atoms with Gasteiger partial charge in [-0.3, -0.25) is 4.79 Å². The lowest BCUT2D eigenvalue weighted by molar-refractivity contribution is -0.136. The lowest BCUT2D eigenvalue weighted by Crippen LogP contribution is -2.51. The normalized spacial score (nSPS) is 28.4. The van der Waals surface area contributed by atoms with E-state index < -0.39 is 0 Å². The highest BCUT2D eigenvalue weighted by Crippen LogP contribution is 2.35. The zero-order valence-corrected chi connectivity index (χ0v) is 12.3. The maximum Gasteiger partial charge on any atom is 0.225 e. The number of amides is 1. The Bertz CT molecular complexity index is 271. The molecule has 0 aromatic heterocycles. The third-order valence-electron chi connectivity index (χ3n) is 4.44. The molecule has 1 aliphatic rings. The molecule has 1 amide bonds. The molecule has 0 atom stereocenters. The molecule has 0 aromatic carbocycles. The first-order valence-corrected chi connectivity index (χ1v) is 7.00. The Balaban J connectivity index is 2.55. The predicted molar refractivity (Wildman–Crippen MR) is 73.4 cm³/mol. The van der Waals surface area contributed by atoms with E-state index in [-0.39, 0.29) is 24.0 Å². The molecular formula is C14H28N2O2. The van der Waals surface area contributed by atoms with Gasteiger partial charge in [0.2, 0.25) is 5.91 Å². The van der Waals surface area contributed by atoms with Crippen LogP contribution in [0.25, 0.3) is 0 Å². The van der Waals surface area contributed by atoms with Crippen molar-refractivity contribution in [3.8, 4) is 0 Å². The van der Waals surface area contributed by atoms with Gasteiger partial charge in [0.25, 0.3) is 0 Å². The lowest BCUT2D eigenvalue weighted by atomic mass is 9.75. The van der Waals surface area contributed by atoms with Crippen LogP contribution in [-0.2, 0) is 4.79 Å². The second kappa shape index (κ2) is 6.53. The molecule has 0 saturated heterocycles. The molecular weight excluding hydrogens is 228 g/mol. The van der Waals surface area contributed by atoms with Crippen LogP contribution in [0.5, 0.6) is 0 Å². The van der Waals surface area contributed by atoms with Crippen molar-refractivity contribution in [1.82, 2.24) is 9.80 Å². The average molecular weight is 256 g/mol. The molecule has 1 rings (SSSR count). The zero-order chi connectivity index (χ0) is 13.8. The summed E-state index contributed by atoms with van der Waals surface area (Å²) >= 11 is 0. The van der Waals surface area contributed by atoms with Crippen LogP contribution in [0.3, 0.4) is 0 Å². The number of nitrogens with zero attached hydrogens (tertiary/aromatic N) is 2. The number of carbonyl (C=O) groups is 1. The van der Waals surface area contributed by atoms with E-state index in [1.54, 1.807) is 0 Å². The van der Waals surface area contributed by atoms with Crippen LogP contribution in [-0.4, -0.2) is 60.6 Å². The van der Waals surface area contributed by atoms with Crippen LogP contribution < -0.4 is 0 Å². The first kappa shape index (κ1) is 15.4. The number of aliphatic hydroxyl groups excluding tert-OH is 1. The van der Waals surface area contributed by atoms with E-state index in [1.165, 1.54) is 0 Å². The number of rotatable bonds is 5. The average Bonchev–Trinajstić information content (AvgIpc) is 2.38. The number of hydrogen-bond acceptors (Lipinski definition) is 3. The smallest absolute Gasteiger partial charge is 0.225 e. The van der Waals surface area contributed by atoms with Crippen molar-refractivity contribution in [2.45, 2.75) is 44.6 Å². The second-order valence-electron chi connectivity index (χ2n) is 5.81. The molecule has 4 nitrogen and oxygen atoms in total. The molecule has 0 heterocycles. The molecule has 1 N–H and O–H groups in total.